The Morgan fingerprint density at radius 2 is 1.26 bits per heavy atom. The van der Waals surface area contributed by atoms with Crippen LogP contribution in [0.1, 0.15) is 18.1 Å². The third kappa shape index (κ3) is 6.07. The number of aromatic nitrogens is 3. The third-order valence-corrected chi connectivity index (χ3v) is 5.09. The van der Waals surface area contributed by atoms with E-state index in [4.69, 9.17) is 0 Å². The molecule has 0 bridgehead atoms. The van der Waals surface area contributed by atoms with E-state index >= 15 is 0 Å². The SMILES string of the molecule is Cc1ccc(C)c(NC(=O)C(C)Nc2nc(Nc3ccccc3)nc(Nc3ccccc3)n2)c1. The number of carbonyl (C=O) groups is 1. The number of benzene rings is 3. The van der Waals surface area contributed by atoms with Gasteiger partial charge in [-0.3, -0.25) is 4.79 Å². The first kappa shape index (κ1) is 22.7. The molecule has 1 atom stereocenters. The molecule has 4 aromatic rings. The second kappa shape index (κ2) is 10.4. The zero-order valence-corrected chi connectivity index (χ0v) is 19.3. The summed E-state index contributed by atoms with van der Waals surface area (Å²) >= 11 is 0. The number of nitrogens with one attached hydrogen (secondary N) is 4. The molecule has 0 radical (unpaired) electrons. The minimum absolute atomic E-state index is 0.191. The number of anilines is 6. The molecule has 0 saturated heterocycles. The molecule has 1 aromatic heterocycles. The number of aryl methyl sites for hydroxylation is 2. The van der Waals surface area contributed by atoms with E-state index in [1.165, 1.54) is 0 Å². The molecular formula is C26H27N7O. The van der Waals surface area contributed by atoms with Crippen LogP contribution < -0.4 is 21.3 Å². The number of nitrogens with zero attached hydrogens (tertiary/aromatic N) is 3. The highest BCUT2D eigenvalue weighted by Gasteiger charge is 2.17. The summed E-state index contributed by atoms with van der Waals surface area (Å²) in [6.07, 6.45) is 0. The van der Waals surface area contributed by atoms with Crippen molar-refractivity contribution < 1.29 is 4.79 Å². The average molecular weight is 454 g/mol. The average Bonchev–Trinajstić information content (AvgIpc) is 2.82. The standard InChI is InChI=1S/C26H27N7O/c1-17-14-15-18(2)22(16-17)30-23(34)19(3)27-24-31-25(28-20-10-6-4-7-11-20)33-26(32-24)29-21-12-8-5-9-13-21/h4-16,19H,1-3H3,(H,30,34)(H3,27,28,29,31,32,33). The molecular weight excluding hydrogens is 426 g/mol. The molecule has 0 spiro atoms. The summed E-state index contributed by atoms with van der Waals surface area (Å²) in [5, 5.41) is 12.4. The molecule has 0 aliphatic carbocycles. The third-order valence-electron chi connectivity index (χ3n) is 5.09. The van der Waals surface area contributed by atoms with Crippen molar-refractivity contribution >= 4 is 40.8 Å². The first-order chi connectivity index (χ1) is 16.5. The number of amides is 1. The maximum absolute atomic E-state index is 12.9. The van der Waals surface area contributed by atoms with Gasteiger partial charge in [-0.15, -0.1) is 0 Å². The van der Waals surface area contributed by atoms with E-state index < -0.39 is 6.04 Å². The molecule has 1 amide bonds. The lowest BCUT2D eigenvalue weighted by atomic mass is 10.1. The minimum Gasteiger partial charge on any atom is -0.342 e. The van der Waals surface area contributed by atoms with Crippen molar-refractivity contribution in [2.24, 2.45) is 0 Å². The lowest BCUT2D eigenvalue weighted by Gasteiger charge is -2.17. The van der Waals surface area contributed by atoms with Gasteiger partial charge in [0.05, 0.1) is 0 Å². The molecule has 0 saturated carbocycles. The van der Waals surface area contributed by atoms with E-state index in [0.29, 0.717) is 11.9 Å². The van der Waals surface area contributed by atoms with Crippen molar-refractivity contribution in [3.63, 3.8) is 0 Å². The minimum atomic E-state index is -0.587. The van der Waals surface area contributed by atoms with Crippen LogP contribution in [0.5, 0.6) is 0 Å². The predicted octanol–water partition coefficient (Wildman–Crippen LogP) is 5.41. The highest BCUT2D eigenvalue weighted by Crippen LogP contribution is 2.20. The smallest absolute Gasteiger partial charge is 0.246 e. The monoisotopic (exact) mass is 453 g/mol. The van der Waals surface area contributed by atoms with Crippen LogP contribution in [0.15, 0.2) is 78.9 Å². The van der Waals surface area contributed by atoms with Crippen molar-refractivity contribution in [3.8, 4) is 0 Å². The topological polar surface area (TPSA) is 104 Å². The van der Waals surface area contributed by atoms with Crippen LogP contribution >= 0.6 is 0 Å². The fourth-order valence-electron chi connectivity index (χ4n) is 3.22. The van der Waals surface area contributed by atoms with Crippen LogP contribution in [0.4, 0.5) is 34.9 Å². The molecule has 0 aliphatic rings. The molecule has 0 aliphatic heterocycles. The van der Waals surface area contributed by atoms with Crippen LogP contribution in [0, 0.1) is 13.8 Å². The van der Waals surface area contributed by atoms with Gasteiger partial charge in [-0.25, -0.2) is 0 Å². The molecule has 172 valence electrons. The van der Waals surface area contributed by atoms with Gasteiger partial charge in [0, 0.05) is 17.1 Å². The van der Waals surface area contributed by atoms with Gasteiger partial charge >= 0.3 is 0 Å². The van der Waals surface area contributed by atoms with Gasteiger partial charge in [-0.05, 0) is 62.2 Å². The van der Waals surface area contributed by atoms with E-state index in [0.717, 1.165) is 28.2 Å². The zero-order chi connectivity index (χ0) is 23.9. The molecule has 0 fully saturated rings. The zero-order valence-electron chi connectivity index (χ0n) is 19.3. The molecule has 3 aromatic carbocycles. The molecule has 4 N–H and O–H groups in total. The fraction of sp³-hybridized carbons (Fsp3) is 0.154. The van der Waals surface area contributed by atoms with Crippen molar-refractivity contribution in [1.82, 2.24) is 15.0 Å². The Bertz CT molecular complexity index is 1200. The Balaban J connectivity index is 1.55. The van der Waals surface area contributed by atoms with Gasteiger partial charge in [-0.2, -0.15) is 15.0 Å². The predicted molar refractivity (Wildman–Crippen MR) is 137 cm³/mol. The van der Waals surface area contributed by atoms with Crippen molar-refractivity contribution in [2.45, 2.75) is 26.8 Å². The van der Waals surface area contributed by atoms with Gasteiger partial charge in [0.1, 0.15) is 6.04 Å². The Morgan fingerprint density at radius 1 is 0.735 bits per heavy atom. The van der Waals surface area contributed by atoms with Gasteiger partial charge < -0.3 is 21.3 Å². The number of hydrogen-bond donors (Lipinski definition) is 4. The maximum Gasteiger partial charge on any atom is 0.246 e. The summed E-state index contributed by atoms with van der Waals surface area (Å²) in [7, 11) is 0. The Hall–Kier alpha value is -4.46. The first-order valence-corrected chi connectivity index (χ1v) is 11.0. The first-order valence-electron chi connectivity index (χ1n) is 11.0. The summed E-state index contributed by atoms with van der Waals surface area (Å²) in [6.45, 7) is 5.71. The number of para-hydroxylation sites is 2. The van der Waals surface area contributed by atoms with Crippen molar-refractivity contribution in [2.75, 3.05) is 21.3 Å². The highest BCUT2D eigenvalue weighted by atomic mass is 16.2. The highest BCUT2D eigenvalue weighted by molar-refractivity contribution is 5.96. The molecule has 1 unspecified atom stereocenters. The summed E-state index contributed by atoms with van der Waals surface area (Å²) in [4.78, 5) is 26.3. The van der Waals surface area contributed by atoms with Crippen LogP contribution in [-0.4, -0.2) is 26.9 Å². The van der Waals surface area contributed by atoms with Crippen LogP contribution in [0.2, 0.25) is 0 Å². The normalized spacial score (nSPS) is 11.4. The Labute approximate surface area is 198 Å². The Morgan fingerprint density at radius 3 is 1.82 bits per heavy atom. The number of hydrogen-bond acceptors (Lipinski definition) is 7. The summed E-state index contributed by atoms with van der Waals surface area (Å²) in [5.41, 5.74) is 4.53. The quantitative estimate of drug-likeness (QED) is 0.283. The molecule has 4 rings (SSSR count). The molecule has 1 heterocycles. The fourth-order valence-corrected chi connectivity index (χ4v) is 3.22. The molecule has 34 heavy (non-hydrogen) atoms. The summed E-state index contributed by atoms with van der Waals surface area (Å²) in [6, 6.07) is 24.6. The van der Waals surface area contributed by atoms with Gasteiger partial charge in [-0.1, -0.05) is 48.5 Å². The molecule has 8 heteroatoms. The van der Waals surface area contributed by atoms with Crippen LogP contribution in [0.3, 0.4) is 0 Å². The second-order valence-electron chi connectivity index (χ2n) is 7.96. The summed E-state index contributed by atoms with van der Waals surface area (Å²) in [5.74, 6) is 0.785. The van der Waals surface area contributed by atoms with Crippen LogP contribution in [-0.2, 0) is 4.79 Å². The van der Waals surface area contributed by atoms with E-state index in [-0.39, 0.29) is 11.9 Å². The van der Waals surface area contributed by atoms with Crippen LogP contribution in [0.25, 0.3) is 0 Å². The van der Waals surface area contributed by atoms with E-state index in [1.807, 2.05) is 92.7 Å². The van der Waals surface area contributed by atoms with E-state index in [9.17, 15) is 4.79 Å². The van der Waals surface area contributed by atoms with E-state index in [2.05, 4.69) is 36.2 Å². The van der Waals surface area contributed by atoms with Crippen molar-refractivity contribution in [3.05, 3.63) is 90.0 Å². The van der Waals surface area contributed by atoms with Gasteiger partial charge in [0.2, 0.25) is 23.8 Å². The lowest BCUT2D eigenvalue weighted by Crippen LogP contribution is -2.33. The molecule has 8 nitrogen and oxygen atoms in total. The largest absolute Gasteiger partial charge is 0.342 e. The van der Waals surface area contributed by atoms with Crippen molar-refractivity contribution in [1.29, 1.82) is 0 Å². The number of carbonyl (C=O) groups excluding carboxylic acids is 1. The Kier molecular flexibility index (Phi) is 6.98. The van der Waals surface area contributed by atoms with Gasteiger partial charge in [0.15, 0.2) is 0 Å². The summed E-state index contributed by atoms with van der Waals surface area (Å²) < 4.78 is 0. The van der Waals surface area contributed by atoms with E-state index in [1.54, 1.807) is 6.92 Å². The lowest BCUT2D eigenvalue weighted by molar-refractivity contribution is -0.116. The maximum atomic E-state index is 12.9. The second-order valence-corrected chi connectivity index (χ2v) is 7.96. The van der Waals surface area contributed by atoms with Gasteiger partial charge in [0.25, 0.3) is 0 Å². The number of rotatable bonds is 8.